The molecule has 1 saturated heterocycles. The van der Waals surface area contributed by atoms with E-state index in [1.165, 1.54) is 6.42 Å². The first-order chi connectivity index (χ1) is 8.00. The number of urea groups is 1. The number of nitrogens with zero attached hydrogens (tertiary/aromatic N) is 1. The Morgan fingerprint density at radius 2 is 2.12 bits per heavy atom. The molecule has 1 fully saturated rings. The van der Waals surface area contributed by atoms with E-state index in [1.807, 2.05) is 4.90 Å². The monoisotopic (exact) mass is 241 g/mol. The summed E-state index contributed by atoms with van der Waals surface area (Å²) < 4.78 is 0. The number of hydrogen-bond donors (Lipinski definition) is 2. The van der Waals surface area contributed by atoms with Crippen LogP contribution >= 0.6 is 0 Å². The van der Waals surface area contributed by atoms with Gasteiger partial charge in [0.25, 0.3) is 0 Å². The maximum atomic E-state index is 12.0. The number of nitrogens with two attached hydrogens (primary N) is 1. The Morgan fingerprint density at radius 3 is 2.65 bits per heavy atom. The van der Waals surface area contributed by atoms with E-state index in [0.717, 1.165) is 32.4 Å². The van der Waals surface area contributed by atoms with Crippen molar-refractivity contribution in [1.29, 1.82) is 0 Å². The topological polar surface area (TPSA) is 58.4 Å². The smallest absolute Gasteiger partial charge is 0.317 e. The van der Waals surface area contributed by atoms with Gasteiger partial charge < -0.3 is 16.0 Å². The van der Waals surface area contributed by atoms with Crippen LogP contribution in [0.1, 0.15) is 46.5 Å². The molecule has 17 heavy (non-hydrogen) atoms. The van der Waals surface area contributed by atoms with Crippen molar-refractivity contribution in [1.82, 2.24) is 10.2 Å². The summed E-state index contributed by atoms with van der Waals surface area (Å²) in [5, 5.41) is 2.98. The molecule has 1 heterocycles. The standard InChI is InChI=1S/C13H27N3O/c1-4-13(14,5-2)10-15-12(17)16-8-6-7-11(3)9-16/h11H,4-10,14H2,1-3H3,(H,15,17). The Bertz CT molecular complexity index is 251. The van der Waals surface area contributed by atoms with E-state index in [9.17, 15) is 4.79 Å². The van der Waals surface area contributed by atoms with Crippen molar-refractivity contribution < 1.29 is 4.79 Å². The number of carbonyl (C=O) groups excluding carboxylic acids is 1. The molecule has 1 rings (SSSR count). The van der Waals surface area contributed by atoms with Gasteiger partial charge in [0.1, 0.15) is 0 Å². The fourth-order valence-corrected chi connectivity index (χ4v) is 2.24. The minimum Gasteiger partial charge on any atom is -0.336 e. The number of piperidine rings is 1. The highest BCUT2D eigenvalue weighted by Crippen LogP contribution is 2.15. The molecule has 1 aliphatic rings. The molecule has 0 aliphatic carbocycles. The molecule has 4 nitrogen and oxygen atoms in total. The molecule has 2 amide bonds. The molecule has 1 atom stereocenters. The second-order valence-electron chi connectivity index (χ2n) is 5.42. The minimum atomic E-state index is -0.253. The predicted molar refractivity (Wildman–Crippen MR) is 70.9 cm³/mol. The molecular weight excluding hydrogens is 214 g/mol. The molecular formula is C13H27N3O. The number of hydrogen-bond acceptors (Lipinski definition) is 2. The summed E-state index contributed by atoms with van der Waals surface area (Å²) in [4.78, 5) is 13.9. The van der Waals surface area contributed by atoms with E-state index in [0.29, 0.717) is 12.5 Å². The van der Waals surface area contributed by atoms with Gasteiger partial charge in [0.05, 0.1) is 0 Å². The van der Waals surface area contributed by atoms with E-state index in [-0.39, 0.29) is 11.6 Å². The highest BCUT2D eigenvalue weighted by molar-refractivity contribution is 5.74. The van der Waals surface area contributed by atoms with Gasteiger partial charge >= 0.3 is 6.03 Å². The molecule has 0 spiro atoms. The van der Waals surface area contributed by atoms with Gasteiger partial charge in [-0.25, -0.2) is 4.79 Å². The summed E-state index contributed by atoms with van der Waals surface area (Å²) in [5.41, 5.74) is 5.92. The molecule has 0 saturated carbocycles. The van der Waals surface area contributed by atoms with Crippen LogP contribution in [0.15, 0.2) is 0 Å². The molecule has 1 aliphatic heterocycles. The number of carbonyl (C=O) groups is 1. The molecule has 100 valence electrons. The number of rotatable bonds is 4. The maximum absolute atomic E-state index is 12.0. The van der Waals surface area contributed by atoms with Gasteiger partial charge in [0.2, 0.25) is 0 Å². The molecule has 1 unspecified atom stereocenters. The second-order valence-corrected chi connectivity index (χ2v) is 5.42. The molecule has 0 aromatic rings. The van der Waals surface area contributed by atoms with Crippen LogP contribution in [0.2, 0.25) is 0 Å². The zero-order valence-corrected chi connectivity index (χ0v) is 11.5. The van der Waals surface area contributed by atoms with Gasteiger partial charge in [-0.3, -0.25) is 0 Å². The quantitative estimate of drug-likeness (QED) is 0.790. The van der Waals surface area contributed by atoms with Gasteiger partial charge in [0, 0.05) is 25.2 Å². The molecule has 0 aromatic carbocycles. The minimum absolute atomic E-state index is 0.0493. The van der Waals surface area contributed by atoms with E-state index in [1.54, 1.807) is 0 Å². The molecule has 0 aromatic heterocycles. The number of amides is 2. The fraction of sp³-hybridized carbons (Fsp3) is 0.923. The lowest BCUT2D eigenvalue weighted by molar-refractivity contribution is 0.167. The predicted octanol–water partition coefficient (Wildman–Crippen LogP) is 1.95. The summed E-state index contributed by atoms with van der Waals surface area (Å²) in [7, 11) is 0. The third-order valence-corrected chi connectivity index (χ3v) is 3.94. The van der Waals surface area contributed by atoms with Crippen LogP contribution in [0.25, 0.3) is 0 Å². The van der Waals surface area contributed by atoms with Crippen LogP contribution in [0.5, 0.6) is 0 Å². The van der Waals surface area contributed by atoms with Crippen molar-refractivity contribution in [3.05, 3.63) is 0 Å². The van der Waals surface area contributed by atoms with E-state index in [4.69, 9.17) is 5.73 Å². The van der Waals surface area contributed by atoms with Crippen molar-refractivity contribution in [3.63, 3.8) is 0 Å². The highest BCUT2D eigenvalue weighted by Gasteiger charge is 2.24. The summed E-state index contributed by atoms with van der Waals surface area (Å²) in [5.74, 6) is 0.620. The van der Waals surface area contributed by atoms with Gasteiger partial charge in [-0.1, -0.05) is 20.8 Å². The Labute approximate surface area is 105 Å². The van der Waals surface area contributed by atoms with Gasteiger partial charge in [0.15, 0.2) is 0 Å². The summed E-state index contributed by atoms with van der Waals surface area (Å²) in [6.07, 6.45) is 4.12. The summed E-state index contributed by atoms with van der Waals surface area (Å²) in [6.45, 7) is 8.67. The molecule has 3 N–H and O–H groups in total. The molecule has 0 bridgehead atoms. The second kappa shape index (κ2) is 6.24. The SMILES string of the molecule is CCC(N)(CC)CNC(=O)N1CCCC(C)C1. The molecule has 0 radical (unpaired) electrons. The third kappa shape index (κ3) is 4.19. The van der Waals surface area contributed by atoms with Crippen LogP contribution in [0, 0.1) is 5.92 Å². The van der Waals surface area contributed by atoms with Gasteiger partial charge in [-0.05, 0) is 31.6 Å². The lowest BCUT2D eigenvalue weighted by Crippen LogP contribution is -2.53. The first-order valence-corrected chi connectivity index (χ1v) is 6.82. The lowest BCUT2D eigenvalue weighted by atomic mass is 9.94. The van der Waals surface area contributed by atoms with Crippen LogP contribution in [-0.4, -0.2) is 36.1 Å². The Balaban J connectivity index is 2.38. The Morgan fingerprint density at radius 1 is 1.47 bits per heavy atom. The highest BCUT2D eigenvalue weighted by atomic mass is 16.2. The van der Waals surface area contributed by atoms with Crippen LogP contribution < -0.4 is 11.1 Å². The fourth-order valence-electron chi connectivity index (χ4n) is 2.24. The van der Waals surface area contributed by atoms with Crippen molar-refractivity contribution >= 4 is 6.03 Å². The lowest BCUT2D eigenvalue weighted by Gasteiger charge is -2.33. The summed E-state index contributed by atoms with van der Waals surface area (Å²) in [6, 6.07) is 0.0493. The number of nitrogens with one attached hydrogen (secondary N) is 1. The first-order valence-electron chi connectivity index (χ1n) is 6.82. The average molecular weight is 241 g/mol. The van der Waals surface area contributed by atoms with Gasteiger partial charge in [-0.15, -0.1) is 0 Å². The van der Waals surface area contributed by atoms with E-state index >= 15 is 0 Å². The van der Waals surface area contributed by atoms with Crippen LogP contribution in [0.3, 0.4) is 0 Å². The maximum Gasteiger partial charge on any atom is 0.317 e. The Hall–Kier alpha value is -0.770. The van der Waals surface area contributed by atoms with Crippen molar-refractivity contribution in [2.24, 2.45) is 11.7 Å². The first kappa shape index (κ1) is 14.3. The van der Waals surface area contributed by atoms with E-state index < -0.39 is 0 Å². The zero-order chi connectivity index (χ0) is 12.9. The average Bonchev–Trinajstić information content (AvgIpc) is 2.35. The molecule has 4 heteroatoms. The zero-order valence-electron chi connectivity index (χ0n) is 11.5. The summed E-state index contributed by atoms with van der Waals surface area (Å²) >= 11 is 0. The van der Waals surface area contributed by atoms with Crippen molar-refractivity contribution in [3.8, 4) is 0 Å². The largest absolute Gasteiger partial charge is 0.336 e. The van der Waals surface area contributed by atoms with Crippen LogP contribution in [-0.2, 0) is 0 Å². The number of likely N-dealkylation sites (tertiary alicyclic amines) is 1. The van der Waals surface area contributed by atoms with Crippen molar-refractivity contribution in [2.75, 3.05) is 19.6 Å². The van der Waals surface area contributed by atoms with Crippen molar-refractivity contribution in [2.45, 2.75) is 52.0 Å². The van der Waals surface area contributed by atoms with E-state index in [2.05, 4.69) is 26.1 Å². The van der Waals surface area contributed by atoms with Gasteiger partial charge in [-0.2, -0.15) is 0 Å². The normalized spacial score (nSPS) is 21.4. The third-order valence-electron chi connectivity index (χ3n) is 3.94. The Kier molecular flexibility index (Phi) is 5.25. The van der Waals surface area contributed by atoms with Crippen LogP contribution in [0.4, 0.5) is 4.79 Å².